The number of piperidine rings is 1. The molecule has 2 heterocycles. The minimum absolute atomic E-state index is 0.0593. The van der Waals surface area contributed by atoms with Gasteiger partial charge in [-0.15, -0.1) is 0 Å². The van der Waals surface area contributed by atoms with E-state index in [9.17, 15) is 14.4 Å². The van der Waals surface area contributed by atoms with Crippen LogP contribution >= 0.6 is 0 Å². The second-order valence-electron chi connectivity index (χ2n) is 10.8. The first-order chi connectivity index (χ1) is 17.0. The summed E-state index contributed by atoms with van der Waals surface area (Å²) in [6.45, 7) is 8.84. The van der Waals surface area contributed by atoms with Crippen molar-refractivity contribution in [2.45, 2.75) is 101 Å². The molecular formula is C27H48AsN3O4. The van der Waals surface area contributed by atoms with Crippen LogP contribution in [0, 0.1) is 0 Å². The summed E-state index contributed by atoms with van der Waals surface area (Å²) >= 11 is -1.01. The number of morpholine rings is 1. The third kappa shape index (κ3) is 9.91. The Bertz CT molecular complexity index is 671. The number of Topliss-reactive ketones (excluding diaryl/α,β-unsaturated/α-hetero) is 1. The Morgan fingerprint density at radius 1 is 0.914 bits per heavy atom. The standard InChI is InChI=1S/C27H48AsN3O4/c1-23(32)10-4-2-5-11-24(28-25(33)12-17-30-15-8-3-9-16-30)26(34)29-22-27(13-6-7-14-27)31-18-20-35-21-19-31/h24,28H,2-22H2,1H3,(H,29,34)/t24-/m0/s1. The van der Waals surface area contributed by atoms with Crippen molar-refractivity contribution < 1.29 is 19.1 Å². The molecule has 3 aliphatic rings. The van der Waals surface area contributed by atoms with Crippen molar-refractivity contribution in [1.29, 1.82) is 0 Å². The molecule has 1 unspecified atom stereocenters. The van der Waals surface area contributed by atoms with Gasteiger partial charge in [0.15, 0.2) is 0 Å². The van der Waals surface area contributed by atoms with Gasteiger partial charge >= 0.3 is 219 Å². The zero-order chi connectivity index (χ0) is 24.9. The van der Waals surface area contributed by atoms with Crippen LogP contribution in [0.1, 0.15) is 90.4 Å². The van der Waals surface area contributed by atoms with E-state index in [1.807, 2.05) is 0 Å². The van der Waals surface area contributed by atoms with E-state index in [2.05, 4.69) is 15.1 Å². The number of carbonyl (C=O) groups is 3. The zero-order valence-corrected chi connectivity index (χ0v) is 24.1. The fourth-order valence-electron chi connectivity index (χ4n) is 5.93. The number of hydrogen-bond acceptors (Lipinski definition) is 6. The van der Waals surface area contributed by atoms with E-state index in [1.54, 1.807) is 6.92 Å². The topological polar surface area (TPSA) is 79.0 Å². The van der Waals surface area contributed by atoms with Crippen LogP contribution in [-0.2, 0) is 19.1 Å². The normalized spacial score (nSPS) is 22.4. The van der Waals surface area contributed by atoms with Gasteiger partial charge in [0.05, 0.1) is 0 Å². The summed E-state index contributed by atoms with van der Waals surface area (Å²) in [5, 5.41) is 3.33. The number of hydrogen-bond donors (Lipinski definition) is 1. The molecule has 0 radical (unpaired) electrons. The van der Waals surface area contributed by atoms with E-state index >= 15 is 0 Å². The maximum atomic E-state index is 13.4. The van der Waals surface area contributed by atoms with Crippen molar-refractivity contribution in [1.82, 2.24) is 15.1 Å². The summed E-state index contributed by atoms with van der Waals surface area (Å²) in [6, 6.07) is 0. The van der Waals surface area contributed by atoms with Gasteiger partial charge in [-0.3, -0.25) is 0 Å². The summed E-state index contributed by atoms with van der Waals surface area (Å²) in [5.41, 5.74) is 0.0593. The number of carbonyl (C=O) groups excluding carboxylic acids is 3. The quantitative estimate of drug-likeness (QED) is 0.248. The van der Waals surface area contributed by atoms with Crippen molar-refractivity contribution >= 4 is 32.0 Å². The van der Waals surface area contributed by atoms with Gasteiger partial charge in [-0.1, -0.05) is 0 Å². The number of nitrogens with zero attached hydrogens (tertiary/aromatic N) is 2. The summed E-state index contributed by atoms with van der Waals surface area (Å²) < 4.78 is 5.77. The van der Waals surface area contributed by atoms with Crippen molar-refractivity contribution in [3.63, 3.8) is 0 Å². The molecule has 2 aliphatic heterocycles. The first kappa shape index (κ1) is 28.8. The Morgan fingerprint density at radius 2 is 1.63 bits per heavy atom. The molecule has 0 spiro atoms. The van der Waals surface area contributed by atoms with E-state index in [0.717, 1.165) is 84.5 Å². The molecule has 0 aromatic carbocycles. The number of nitrogens with one attached hydrogen (secondary N) is 1. The number of unbranched alkanes of at least 4 members (excludes halogenated alkanes) is 2. The van der Waals surface area contributed by atoms with Crippen LogP contribution in [0.2, 0.25) is 4.71 Å². The van der Waals surface area contributed by atoms with E-state index in [4.69, 9.17) is 4.74 Å². The fourth-order valence-corrected chi connectivity index (χ4v) is 8.50. The molecular weight excluding hydrogens is 505 g/mol. The van der Waals surface area contributed by atoms with Gasteiger partial charge in [0.25, 0.3) is 0 Å². The van der Waals surface area contributed by atoms with E-state index in [1.165, 1.54) is 32.1 Å². The predicted octanol–water partition coefficient (Wildman–Crippen LogP) is 2.91. The molecule has 1 aliphatic carbocycles. The van der Waals surface area contributed by atoms with E-state index < -0.39 is 15.8 Å². The van der Waals surface area contributed by atoms with Crippen LogP contribution in [0.25, 0.3) is 0 Å². The number of likely N-dealkylation sites (tertiary alicyclic amines) is 1. The molecule has 0 bridgehead atoms. The Kier molecular flexibility index (Phi) is 12.8. The Balaban J connectivity index is 1.52. The first-order valence-corrected chi connectivity index (χ1v) is 16.4. The van der Waals surface area contributed by atoms with Crippen molar-refractivity contribution in [2.75, 3.05) is 52.5 Å². The van der Waals surface area contributed by atoms with Gasteiger partial charge in [0.2, 0.25) is 0 Å². The fraction of sp³-hybridized carbons (Fsp3) is 0.889. The molecule has 3 rings (SSSR count). The van der Waals surface area contributed by atoms with Crippen molar-refractivity contribution in [2.24, 2.45) is 0 Å². The molecule has 2 saturated heterocycles. The van der Waals surface area contributed by atoms with Crippen LogP contribution in [-0.4, -0.2) is 99.8 Å². The summed E-state index contributed by atoms with van der Waals surface area (Å²) in [6.07, 6.45) is 13.2. The Morgan fingerprint density at radius 3 is 2.31 bits per heavy atom. The van der Waals surface area contributed by atoms with Crippen LogP contribution in [0.4, 0.5) is 0 Å². The molecule has 35 heavy (non-hydrogen) atoms. The van der Waals surface area contributed by atoms with Crippen LogP contribution in [0.3, 0.4) is 0 Å². The number of ketones is 1. The molecule has 2 atom stereocenters. The molecule has 1 saturated carbocycles. The van der Waals surface area contributed by atoms with Crippen LogP contribution in [0.15, 0.2) is 0 Å². The monoisotopic (exact) mass is 553 g/mol. The van der Waals surface area contributed by atoms with Gasteiger partial charge in [-0.2, -0.15) is 0 Å². The third-order valence-electron chi connectivity index (χ3n) is 8.08. The average molecular weight is 554 g/mol. The van der Waals surface area contributed by atoms with Crippen LogP contribution in [0.5, 0.6) is 0 Å². The molecule has 8 heteroatoms. The van der Waals surface area contributed by atoms with Crippen molar-refractivity contribution in [3.05, 3.63) is 0 Å². The van der Waals surface area contributed by atoms with Crippen molar-refractivity contribution in [3.8, 4) is 0 Å². The summed E-state index contributed by atoms with van der Waals surface area (Å²) in [4.78, 5) is 42.5. The zero-order valence-electron chi connectivity index (χ0n) is 22.0. The Labute approximate surface area is 219 Å². The Hall–Kier alpha value is -0.752. The van der Waals surface area contributed by atoms with E-state index in [-0.39, 0.29) is 21.9 Å². The third-order valence-corrected chi connectivity index (χ3v) is 11.2. The van der Waals surface area contributed by atoms with Gasteiger partial charge in [-0.05, 0) is 0 Å². The summed E-state index contributed by atoms with van der Waals surface area (Å²) in [5.74, 6) is 0.327. The molecule has 200 valence electrons. The minimum atomic E-state index is -1.01. The average Bonchev–Trinajstić information content (AvgIpc) is 3.36. The molecule has 1 amide bonds. The van der Waals surface area contributed by atoms with Gasteiger partial charge < -0.3 is 0 Å². The van der Waals surface area contributed by atoms with Crippen LogP contribution < -0.4 is 5.32 Å². The second kappa shape index (κ2) is 15.5. The molecule has 0 aromatic rings. The molecule has 1 N–H and O–H groups in total. The first-order valence-electron chi connectivity index (χ1n) is 14.1. The number of ether oxygens (including phenoxy) is 1. The SMILES string of the molecule is CC(=O)CCCCC[C@H]([AsH]C(=O)CCN1CCCCC1)C(=O)NCC1(N2CCOCC2)CCCC1. The predicted molar refractivity (Wildman–Crippen MR) is 141 cm³/mol. The molecule has 7 nitrogen and oxygen atoms in total. The molecule has 0 aromatic heterocycles. The van der Waals surface area contributed by atoms with Gasteiger partial charge in [0, 0.05) is 0 Å². The maximum absolute atomic E-state index is 13.4. The molecule has 3 fully saturated rings. The van der Waals surface area contributed by atoms with Gasteiger partial charge in [0.1, 0.15) is 0 Å². The van der Waals surface area contributed by atoms with Gasteiger partial charge in [-0.25, -0.2) is 0 Å². The number of amides is 1. The number of rotatable bonds is 15. The second-order valence-corrected chi connectivity index (χ2v) is 14.1. The van der Waals surface area contributed by atoms with E-state index in [0.29, 0.717) is 24.0 Å². The summed E-state index contributed by atoms with van der Waals surface area (Å²) in [7, 11) is 0.